The van der Waals surface area contributed by atoms with Gasteiger partial charge in [0.2, 0.25) is 5.91 Å². The summed E-state index contributed by atoms with van der Waals surface area (Å²) in [4.78, 5) is 22.4. The van der Waals surface area contributed by atoms with Crippen LogP contribution in [0.4, 0.5) is 0 Å². The zero-order chi connectivity index (χ0) is 21.5. The van der Waals surface area contributed by atoms with Crippen LogP contribution < -0.4 is 14.8 Å². The number of carbonyl (C=O) groups is 2. The number of nitrogens with zero attached hydrogens (tertiary/aromatic N) is 2. The maximum absolute atomic E-state index is 11.7. The van der Waals surface area contributed by atoms with E-state index in [0.717, 1.165) is 27.4 Å². The molecule has 1 heterocycles. The van der Waals surface area contributed by atoms with Crippen LogP contribution in [0, 0.1) is 0 Å². The highest BCUT2D eigenvalue weighted by Gasteiger charge is 2.32. The Bertz CT molecular complexity index is 994. The molecule has 1 amide bonds. The molecule has 10 heteroatoms. The molecular weight excluding hydrogens is 474 g/mol. The van der Waals surface area contributed by atoms with Gasteiger partial charge < -0.3 is 19.9 Å². The fourth-order valence-corrected chi connectivity index (χ4v) is 3.70. The number of halogens is 1. The first-order valence-corrected chi connectivity index (χ1v) is 10.5. The lowest BCUT2D eigenvalue weighted by Gasteiger charge is -2.11. The fourth-order valence-electron chi connectivity index (χ4n) is 2.52. The highest BCUT2D eigenvalue weighted by Crippen LogP contribution is 2.28. The van der Waals surface area contributed by atoms with Crippen LogP contribution in [0.15, 0.2) is 57.1 Å². The number of amidine groups is 1. The minimum absolute atomic E-state index is 0.266. The molecule has 1 saturated heterocycles. The molecule has 1 unspecified atom stereocenters. The molecule has 2 N–H and O–H groups in total. The summed E-state index contributed by atoms with van der Waals surface area (Å²) >= 11 is 4.45. The Hall–Kier alpha value is -2.85. The first-order chi connectivity index (χ1) is 14.4. The van der Waals surface area contributed by atoms with Crippen molar-refractivity contribution in [2.45, 2.75) is 18.3 Å². The highest BCUT2D eigenvalue weighted by molar-refractivity contribution is 9.10. The molecule has 0 radical (unpaired) electrons. The second-order valence-corrected chi connectivity index (χ2v) is 8.28. The first-order valence-electron chi connectivity index (χ1n) is 8.80. The van der Waals surface area contributed by atoms with Crippen molar-refractivity contribution >= 4 is 51.0 Å². The van der Waals surface area contributed by atoms with E-state index in [9.17, 15) is 9.59 Å². The monoisotopic (exact) mass is 491 g/mol. The first kappa shape index (κ1) is 21.8. The standard InChI is InChI=1S/C20H18BrN3O5S/c1-28-16-8-13(4-7-15(16)29-11-12-2-5-14(21)6-3-12)10-22-24-20-23-19(27)17(30-20)9-18(25)26/h2-8,10,17H,9,11H2,1H3,(H,25,26)(H,23,24,27)/b22-10+. The number of carboxylic acid groups (broad SMARTS) is 1. The predicted molar refractivity (Wildman–Crippen MR) is 118 cm³/mol. The molecular formula is C20H18BrN3O5S. The van der Waals surface area contributed by atoms with E-state index in [1.54, 1.807) is 25.3 Å². The molecule has 1 aliphatic heterocycles. The number of ether oxygens (including phenoxy) is 2. The van der Waals surface area contributed by atoms with Crippen molar-refractivity contribution in [3.8, 4) is 11.5 Å². The van der Waals surface area contributed by atoms with Crippen molar-refractivity contribution in [1.82, 2.24) is 5.32 Å². The topological polar surface area (TPSA) is 110 Å². The summed E-state index contributed by atoms with van der Waals surface area (Å²) < 4.78 is 12.2. The molecule has 2 aromatic carbocycles. The number of hydrogen-bond acceptors (Lipinski definition) is 7. The van der Waals surface area contributed by atoms with Gasteiger partial charge in [-0.05, 0) is 41.5 Å². The summed E-state index contributed by atoms with van der Waals surface area (Å²) in [5, 5.41) is 18.8. The number of amides is 1. The van der Waals surface area contributed by atoms with Crippen LogP contribution in [-0.4, -0.2) is 40.7 Å². The Morgan fingerprint density at radius 3 is 2.73 bits per heavy atom. The summed E-state index contributed by atoms with van der Waals surface area (Å²) in [5.41, 5.74) is 1.75. The number of nitrogens with one attached hydrogen (secondary N) is 1. The van der Waals surface area contributed by atoms with Crippen LogP contribution in [0.2, 0.25) is 0 Å². The molecule has 0 spiro atoms. The Morgan fingerprint density at radius 2 is 2.03 bits per heavy atom. The predicted octanol–water partition coefficient (Wildman–Crippen LogP) is 3.43. The van der Waals surface area contributed by atoms with Crippen LogP contribution in [0.1, 0.15) is 17.5 Å². The number of rotatable bonds is 8. The van der Waals surface area contributed by atoms with E-state index in [0.29, 0.717) is 18.1 Å². The van der Waals surface area contributed by atoms with Gasteiger partial charge in [-0.15, -0.1) is 5.10 Å². The molecule has 3 rings (SSSR count). The van der Waals surface area contributed by atoms with Gasteiger partial charge in [0.1, 0.15) is 11.9 Å². The highest BCUT2D eigenvalue weighted by atomic mass is 79.9. The van der Waals surface area contributed by atoms with E-state index < -0.39 is 11.2 Å². The molecule has 0 aromatic heterocycles. The number of benzene rings is 2. The smallest absolute Gasteiger partial charge is 0.305 e. The second-order valence-electron chi connectivity index (χ2n) is 6.17. The molecule has 0 aliphatic carbocycles. The third-order valence-corrected chi connectivity index (χ3v) is 5.59. The number of carbonyl (C=O) groups excluding carboxylic acids is 1. The SMILES string of the molecule is COc1cc(/C=N/N=C2\NC(=O)C(CC(=O)O)S2)ccc1OCc1ccc(Br)cc1. The van der Waals surface area contributed by atoms with Gasteiger partial charge in [-0.1, -0.05) is 39.8 Å². The third kappa shape index (κ3) is 6.07. The van der Waals surface area contributed by atoms with Crippen molar-refractivity contribution in [3.63, 3.8) is 0 Å². The molecule has 0 bridgehead atoms. The number of hydrogen-bond donors (Lipinski definition) is 2. The van der Waals surface area contributed by atoms with Gasteiger partial charge in [0.15, 0.2) is 16.7 Å². The zero-order valence-electron chi connectivity index (χ0n) is 15.9. The van der Waals surface area contributed by atoms with E-state index >= 15 is 0 Å². The van der Waals surface area contributed by atoms with E-state index in [1.165, 1.54) is 6.21 Å². The fraction of sp³-hybridized carbons (Fsp3) is 0.200. The average molecular weight is 492 g/mol. The minimum Gasteiger partial charge on any atom is -0.493 e. The summed E-state index contributed by atoms with van der Waals surface area (Å²) in [6.45, 7) is 0.402. The Morgan fingerprint density at radius 1 is 1.27 bits per heavy atom. The van der Waals surface area contributed by atoms with Crippen LogP contribution >= 0.6 is 27.7 Å². The quantitative estimate of drug-likeness (QED) is 0.432. The van der Waals surface area contributed by atoms with E-state index in [1.807, 2.05) is 24.3 Å². The molecule has 2 aromatic rings. The number of aliphatic carboxylic acids is 1. The van der Waals surface area contributed by atoms with E-state index in [-0.39, 0.29) is 17.5 Å². The lowest BCUT2D eigenvalue weighted by Crippen LogP contribution is -2.26. The van der Waals surface area contributed by atoms with Crippen molar-refractivity contribution in [2.75, 3.05) is 7.11 Å². The maximum Gasteiger partial charge on any atom is 0.305 e. The summed E-state index contributed by atoms with van der Waals surface area (Å²) in [6, 6.07) is 13.2. The maximum atomic E-state index is 11.7. The lowest BCUT2D eigenvalue weighted by molar-refractivity contribution is -0.138. The molecule has 156 valence electrons. The molecule has 1 atom stereocenters. The molecule has 30 heavy (non-hydrogen) atoms. The van der Waals surface area contributed by atoms with Gasteiger partial charge in [0, 0.05) is 4.47 Å². The largest absolute Gasteiger partial charge is 0.493 e. The third-order valence-electron chi connectivity index (χ3n) is 3.99. The number of thioether (sulfide) groups is 1. The van der Waals surface area contributed by atoms with Crippen LogP contribution in [0.25, 0.3) is 0 Å². The van der Waals surface area contributed by atoms with Gasteiger partial charge in [-0.25, -0.2) is 0 Å². The van der Waals surface area contributed by atoms with Crippen molar-refractivity contribution in [2.24, 2.45) is 10.2 Å². The van der Waals surface area contributed by atoms with E-state index in [4.69, 9.17) is 14.6 Å². The van der Waals surface area contributed by atoms with Crippen LogP contribution in [0.5, 0.6) is 11.5 Å². The van der Waals surface area contributed by atoms with Crippen molar-refractivity contribution < 1.29 is 24.2 Å². The molecule has 1 fully saturated rings. The summed E-state index contributed by atoms with van der Waals surface area (Å²) in [5.74, 6) is -0.278. The van der Waals surface area contributed by atoms with Gasteiger partial charge in [-0.2, -0.15) is 5.10 Å². The summed E-state index contributed by atoms with van der Waals surface area (Å²) in [7, 11) is 1.55. The number of carboxylic acids is 1. The van der Waals surface area contributed by atoms with Gasteiger partial charge >= 0.3 is 5.97 Å². The van der Waals surface area contributed by atoms with E-state index in [2.05, 4.69) is 31.4 Å². The minimum atomic E-state index is -1.04. The van der Waals surface area contributed by atoms with Gasteiger partial charge in [0.05, 0.1) is 19.7 Å². The Labute approximate surface area is 185 Å². The average Bonchev–Trinajstić information content (AvgIpc) is 3.06. The molecule has 0 saturated carbocycles. The van der Waals surface area contributed by atoms with Crippen molar-refractivity contribution in [3.05, 3.63) is 58.1 Å². The number of methoxy groups -OCH3 is 1. The van der Waals surface area contributed by atoms with Crippen LogP contribution in [-0.2, 0) is 16.2 Å². The molecule has 8 nitrogen and oxygen atoms in total. The zero-order valence-corrected chi connectivity index (χ0v) is 18.3. The molecule has 1 aliphatic rings. The normalized spacial score (nSPS) is 17.3. The lowest BCUT2D eigenvalue weighted by atomic mass is 10.2. The summed E-state index contributed by atoms with van der Waals surface area (Å²) in [6.07, 6.45) is 1.24. The van der Waals surface area contributed by atoms with Crippen molar-refractivity contribution in [1.29, 1.82) is 0 Å². The Kier molecular flexibility index (Phi) is 7.47. The van der Waals surface area contributed by atoms with Crippen LogP contribution in [0.3, 0.4) is 0 Å². The van der Waals surface area contributed by atoms with Gasteiger partial charge in [-0.3, -0.25) is 9.59 Å². The van der Waals surface area contributed by atoms with Gasteiger partial charge in [0.25, 0.3) is 0 Å². The Balaban J connectivity index is 1.62. The second kappa shape index (κ2) is 10.3.